The Bertz CT molecular complexity index is 1240. The minimum atomic E-state index is -0.143. The number of nitrogens with one attached hydrogen (secondary N) is 2. The monoisotopic (exact) mass is 499 g/mol. The van der Waals surface area contributed by atoms with Gasteiger partial charge in [-0.15, -0.1) is 0 Å². The maximum Gasteiger partial charge on any atom is 0.255 e. The molecule has 0 aliphatic carbocycles. The number of amides is 2. The highest BCUT2D eigenvalue weighted by Gasteiger charge is 2.22. The van der Waals surface area contributed by atoms with Gasteiger partial charge in [-0.1, -0.05) is 49.4 Å². The van der Waals surface area contributed by atoms with Gasteiger partial charge in [0.1, 0.15) is 0 Å². The third-order valence-electron chi connectivity index (χ3n) is 7.20. The molecule has 0 radical (unpaired) electrons. The van der Waals surface area contributed by atoms with Crippen LogP contribution in [0.2, 0.25) is 0 Å². The summed E-state index contributed by atoms with van der Waals surface area (Å²) in [5.41, 5.74) is 6.72. The fourth-order valence-corrected chi connectivity index (χ4v) is 6.27. The highest BCUT2D eigenvalue weighted by atomic mass is 32.2. The summed E-state index contributed by atoms with van der Waals surface area (Å²) in [6.07, 6.45) is 3.67. The number of hydrogen-bond donors (Lipinski definition) is 2. The molecule has 0 saturated carbocycles. The zero-order valence-corrected chi connectivity index (χ0v) is 21.6. The number of carbonyl (C=O) groups excluding carboxylic acids is 2. The number of aryl methyl sites for hydroxylation is 1. The van der Waals surface area contributed by atoms with E-state index < -0.39 is 0 Å². The van der Waals surface area contributed by atoms with E-state index in [1.54, 1.807) is 0 Å². The number of thioether (sulfide) groups is 1. The molecule has 3 aromatic carbocycles. The zero-order chi connectivity index (χ0) is 24.9. The summed E-state index contributed by atoms with van der Waals surface area (Å²) in [5, 5.41) is 5.94. The van der Waals surface area contributed by atoms with Crippen LogP contribution in [-0.4, -0.2) is 40.8 Å². The van der Waals surface area contributed by atoms with E-state index in [0.717, 1.165) is 30.8 Å². The van der Waals surface area contributed by atoms with Crippen LogP contribution in [0.25, 0.3) is 11.1 Å². The third-order valence-corrected chi connectivity index (χ3v) is 8.25. The van der Waals surface area contributed by atoms with Gasteiger partial charge in [-0.25, -0.2) is 0 Å². The summed E-state index contributed by atoms with van der Waals surface area (Å²) in [4.78, 5) is 27.6. The molecule has 5 rings (SSSR count). The third kappa shape index (κ3) is 5.66. The van der Waals surface area contributed by atoms with Crippen LogP contribution in [0.4, 0.5) is 11.4 Å². The van der Waals surface area contributed by atoms with Gasteiger partial charge in [0.25, 0.3) is 5.91 Å². The van der Waals surface area contributed by atoms with E-state index in [1.807, 2.05) is 42.1 Å². The molecule has 2 aliphatic rings. The van der Waals surface area contributed by atoms with Crippen molar-refractivity contribution in [3.05, 3.63) is 83.4 Å². The highest BCUT2D eigenvalue weighted by molar-refractivity contribution is 7.99. The van der Waals surface area contributed by atoms with Crippen LogP contribution >= 0.6 is 11.8 Å². The van der Waals surface area contributed by atoms with Gasteiger partial charge in [0, 0.05) is 35.9 Å². The number of anilines is 2. The van der Waals surface area contributed by atoms with Gasteiger partial charge in [-0.2, -0.15) is 11.8 Å². The largest absolute Gasteiger partial charge is 0.326 e. The lowest BCUT2D eigenvalue weighted by Crippen LogP contribution is -2.37. The van der Waals surface area contributed by atoms with Crippen molar-refractivity contribution in [2.45, 2.75) is 45.2 Å². The van der Waals surface area contributed by atoms with Crippen LogP contribution in [-0.2, 0) is 17.8 Å². The summed E-state index contributed by atoms with van der Waals surface area (Å²) in [5.74, 6) is 2.31. The molecule has 3 aromatic rings. The van der Waals surface area contributed by atoms with E-state index in [9.17, 15) is 9.59 Å². The molecule has 0 bridgehead atoms. The second kappa shape index (κ2) is 11.3. The Labute approximate surface area is 217 Å². The first kappa shape index (κ1) is 24.6. The molecular weight excluding hydrogens is 466 g/mol. The lowest BCUT2D eigenvalue weighted by Gasteiger charge is -2.34. The number of benzene rings is 3. The van der Waals surface area contributed by atoms with Gasteiger partial charge in [-0.3, -0.25) is 14.5 Å². The number of rotatable bonds is 7. The van der Waals surface area contributed by atoms with E-state index in [0.29, 0.717) is 23.7 Å². The van der Waals surface area contributed by atoms with Gasteiger partial charge in [0.05, 0.1) is 0 Å². The van der Waals surface area contributed by atoms with Gasteiger partial charge < -0.3 is 10.6 Å². The average Bonchev–Trinajstić information content (AvgIpc) is 2.92. The Morgan fingerprint density at radius 2 is 1.83 bits per heavy atom. The van der Waals surface area contributed by atoms with E-state index in [2.05, 4.69) is 58.9 Å². The minimum absolute atomic E-state index is 0.0177. The Kier molecular flexibility index (Phi) is 7.73. The fourth-order valence-electron chi connectivity index (χ4n) is 5.19. The molecule has 0 aromatic heterocycles. The first-order chi connectivity index (χ1) is 17.6. The molecule has 0 atom stereocenters. The molecule has 36 heavy (non-hydrogen) atoms. The SMILES string of the molecule is CCN(Cc1cc(C(=O)Nc2ccc3c(c2)NC(=O)CC3)ccc1-c1ccccc1)C1CCSCC1. The maximum atomic E-state index is 13.3. The predicted molar refractivity (Wildman–Crippen MR) is 150 cm³/mol. The number of hydrogen-bond acceptors (Lipinski definition) is 4. The molecule has 1 fully saturated rings. The molecular formula is C30H33N3O2S. The van der Waals surface area contributed by atoms with Crippen molar-refractivity contribution in [3.63, 3.8) is 0 Å². The number of nitrogens with zero attached hydrogens (tertiary/aromatic N) is 1. The van der Waals surface area contributed by atoms with Crippen LogP contribution in [0.15, 0.2) is 66.7 Å². The summed E-state index contributed by atoms with van der Waals surface area (Å²) in [6.45, 7) is 4.04. The Morgan fingerprint density at radius 1 is 1.03 bits per heavy atom. The first-order valence-corrected chi connectivity index (χ1v) is 14.0. The fraction of sp³-hybridized carbons (Fsp3) is 0.333. The minimum Gasteiger partial charge on any atom is -0.326 e. The summed E-state index contributed by atoms with van der Waals surface area (Å²) >= 11 is 2.05. The van der Waals surface area contributed by atoms with Crippen molar-refractivity contribution in [3.8, 4) is 11.1 Å². The van der Waals surface area contributed by atoms with E-state index in [-0.39, 0.29) is 11.8 Å². The van der Waals surface area contributed by atoms with Crippen LogP contribution < -0.4 is 10.6 Å². The maximum absolute atomic E-state index is 13.3. The topological polar surface area (TPSA) is 61.4 Å². The van der Waals surface area contributed by atoms with Gasteiger partial charge >= 0.3 is 0 Å². The van der Waals surface area contributed by atoms with Gasteiger partial charge in [-0.05, 0) is 83.8 Å². The molecule has 0 unspecified atom stereocenters. The molecule has 186 valence electrons. The number of fused-ring (bicyclic) bond motifs is 1. The lowest BCUT2D eigenvalue weighted by molar-refractivity contribution is -0.116. The van der Waals surface area contributed by atoms with Crippen molar-refractivity contribution in [1.82, 2.24) is 4.90 Å². The summed E-state index contributed by atoms with van der Waals surface area (Å²) in [6, 6.07) is 22.8. The summed E-state index contributed by atoms with van der Waals surface area (Å²) < 4.78 is 0. The van der Waals surface area contributed by atoms with Crippen molar-refractivity contribution in [1.29, 1.82) is 0 Å². The molecule has 1 saturated heterocycles. The molecule has 5 nitrogen and oxygen atoms in total. The van der Waals surface area contributed by atoms with Crippen LogP contribution in [0.5, 0.6) is 0 Å². The van der Waals surface area contributed by atoms with Crippen LogP contribution in [0, 0.1) is 0 Å². The standard InChI is InChI=1S/C30H33N3O2S/c1-2-33(26-14-16-36-17-15-26)20-24-18-23(9-12-27(24)21-6-4-3-5-7-21)30(35)31-25-11-8-22-10-13-29(34)32-28(22)19-25/h3-9,11-12,18-19,26H,2,10,13-17,20H2,1H3,(H,31,35)(H,32,34). The Balaban J connectivity index is 1.41. The predicted octanol–water partition coefficient (Wildman–Crippen LogP) is 6.21. The Morgan fingerprint density at radius 3 is 2.61 bits per heavy atom. The second-order valence-corrected chi connectivity index (χ2v) is 10.7. The first-order valence-electron chi connectivity index (χ1n) is 12.8. The second-order valence-electron chi connectivity index (χ2n) is 9.52. The number of carbonyl (C=O) groups is 2. The highest BCUT2D eigenvalue weighted by Crippen LogP contribution is 2.30. The Hall–Kier alpha value is -3.09. The van der Waals surface area contributed by atoms with Crippen molar-refractivity contribution in [2.24, 2.45) is 0 Å². The van der Waals surface area contributed by atoms with Crippen molar-refractivity contribution in [2.75, 3.05) is 28.7 Å². The average molecular weight is 500 g/mol. The molecule has 2 heterocycles. The van der Waals surface area contributed by atoms with Gasteiger partial charge in [0.2, 0.25) is 5.91 Å². The van der Waals surface area contributed by atoms with Gasteiger partial charge in [0.15, 0.2) is 0 Å². The lowest BCUT2D eigenvalue weighted by atomic mass is 9.96. The van der Waals surface area contributed by atoms with E-state index >= 15 is 0 Å². The normalized spacial score (nSPS) is 15.9. The van der Waals surface area contributed by atoms with Crippen LogP contribution in [0.1, 0.15) is 47.7 Å². The van der Waals surface area contributed by atoms with E-state index in [1.165, 1.54) is 41.0 Å². The molecule has 6 heteroatoms. The van der Waals surface area contributed by atoms with E-state index in [4.69, 9.17) is 0 Å². The molecule has 2 aliphatic heterocycles. The quantitative estimate of drug-likeness (QED) is 0.406. The smallest absolute Gasteiger partial charge is 0.255 e. The zero-order valence-electron chi connectivity index (χ0n) is 20.8. The summed E-state index contributed by atoms with van der Waals surface area (Å²) in [7, 11) is 0. The molecule has 2 amide bonds. The van der Waals surface area contributed by atoms with Crippen molar-refractivity contribution >= 4 is 35.0 Å². The van der Waals surface area contributed by atoms with Crippen molar-refractivity contribution < 1.29 is 9.59 Å². The molecule has 0 spiro atoms. The molecule has 2 N–H and O–H groups in total. The van der Waals surface area contributed by atoms with Crippen LogP contribution in [0.3, 0.4) is 0 Å².